The summed E-state index contributed by atoms with van der Waals surface area (Å²) in [7, 11) is 0. The number of nitrogens with one attached hydrogen (secondary N) is 1. The summed E-state index contributed by atoms with van der Waals surface area (Å²) >= 11 is 5.66. The van der Waals surface area contributed by atoms with Crippen molar-refractivity contribution >= 4 is 17.5 Å². The molecule has 0 spiro atoms. The molecule has 3 heteroatoms. The highest BCUT2D eigenvalue weighted by molar-refractivity contribution is 6.17. The largest absolute Gasteiger partial charge is 0.351 e. The van der Waals surface area contributed by atoms with Crippen LogP contribution in [0, 0.1) is 5.92 Å². The maximum absolute atomic E-state index is 11.6. The van der Waals surface area contributed by atoms with Crippen molar-refractivity contribution in [3.63, 3.8) is 0 Å². The van der Waals surface area contributed by atoms with Crippen LogP contribution in [0.3, 0.4) is 0 Å². The lowest BCUT2D eigenvalue weighted by atomic mass is 9.82. The van der Waals surface area contributed by atoms with Gasteiger partial charge in [0.1, 0.15) is 0 Å². The van der Waals surface area contributed by atoms with E-state index in [-0.39, 0.29) is 11.4 Å². The monoisotopic (exact) mass is 217 g/mol. The number of rotatable bonds is 5. The van der Waals surface area contributed by atoms with Gasteiger partial charge in [0, 0.05) is 17.8 Å². The Morgan fingerprint density at radius 3 is 2.57 bits per heavy atom. The first-order chi connectivity index (χ1) is 6.53. The van der Waals surface area contributed by atoms with Gasteiger partial charge in [-0.15, -0.1) is 11.6 Å². The van der Waals surface area contributed by atoms with Crippen LogP contribution in [-0.2, 0) is 4.79 Å². The summed E-state index contributed by atoms with van der Waals surface area (Å²) in [6.07, 6.45) is 5.27. The quantitative estimate of drug-likeness (QED) is 0.705. The van der Waals surface area contributed by atoms with Crippen LogP contribution in [0.25, 0.3) is 0 Å². The van der Waals surface area contributed by atoms with Crippen molar-refractivity contribution in [1.29, 1.82) is 0 Å². The van der Waals surface area contributed by atoms with Crippen LogP contribution in [0.2, 0.25) is 0 Å². The van der Waals surface area contributed by atoms with E-state index in [0.717, 1.165) is 6.42 Å². The summed E-state index contributed by atoms with van der Waals surface area (Å²) < 4.78 is 0. The van der Waals surface area contributed by atoms with E-state index in [1.54, 1.807) is 0 Å². The van der Waals surface area contributed by atoms with Gasteiger partial charge in [0.15, 0.2) is 0 Å². The first kappa shape index (κ1) is 11.8. The minimum Gasteiger partial charge on any atom is -0.351 e. The van der Waals surface area contributed by atoms with Gasteiger partial charge in [-0.25, -0.2) is 0 Å². The van der Waals surface area contributed by atoms with Gasteiger partial charge in [-0.2, -0.15) is 0 Å². The van der Waals surface area contributed by atoms with E-state index in [4.69, 9.17) is 11.6 Å². The summed E-state index contributed by atoms with van der Waals surface area (Å²) in [6, 6.07) is 0. The summed E-state index contributed by atoms with van der Waals surface area (Å²) in [5, 5.41) is 3.03. The fourth-order valence-electron chi connectivity index (χ4n) is 1.69. The molecule has 1 amide bonds. The summed E-state index contributed by atoms with van der Waals surface area (Å²) in [5.74, 6) is 1.42. The highest BCUT2D eigenvalue weighted by Gasteiger charge is 2.24. The van der Waals surface area contributed by atoms with Gasteiger partial charge in [-0.3, -0.25) is 4.79 Å². The van der Waals surface area contributed by atoms with Gasteiger partial charge >= 0.3 is 0 Å². The molecule has 1 fully saturated rings. The average molecular weight is 218 g/mol. The van der Waals surface area contributed by atoms with Crippen LogP contribution < -0.4 is 5.32 Å². The molecule has 0 atom stereocenters. The third kappa shape index (κ3) is 3.87. The third-order valence-electron chi connectivity index (χ3n) is 2.90. The molecule has 0 aromatic heterocycles. The normalized spacial score (nSPS) is 17.6. The Hall–Kier alpha value is -0.240. The maximum Gasteiger partial charge on any atom is 0.220 e. The van der Waals surface area contributed by atoms with Crippen LogP contribution in [0.4, 0.5) is 0 Å². The molecule has 0 aromatic carbocycles. The molecule has 0 heterocycles. The fourth-order valence-corrected chi connectivity index (χ4v) is 2.16. The molecule has 0 radical (unpaired) electrons. The molecule has 0 aromatic rings. The molecular weight excluding hydrogens is 198 g/mol. The van der Waals surface area contributed by atoms with Gasteiger partial charge in [0.05, 0.1) is 0 Å². The molecule has 1 N–H and O–H groups in total. The number of carbonyl (C=O) groups is 1. The Bertz CT molecular complexity index is 199. The van der Waals surface area contributed by atoms with E-state index < -0.39 is 0 Å². The van der Waals surface area contributed by atoms with Crippen LogP contribution in [0.15, 0.2) is 0 Å². The highest BCUT2D eigenvalue weighted by Crippen LogP contribution is 2.29. The Kier molecular flexibility index (Phi) is 4.24. The molecule has 2 nitrogen and oxygen atoms in total. The molecule has 0 saturated heterocycles. The van der Waals surface area contributed by atoms with Crippen LogP contribution in [0.1, 0.15) is 46.0 Å². The maximum atomic E-state index is 11.6. The van der Waals surface area contributed by atoms with Crippen molar-refractivity contribution in [2.24, 2.45) is 5.92 Å². The predicted molar refractivity (Wildman–Crippen MR) is 59.5 cm³/mol. The Morgan fingerprint density at radius 2 is 2.14 bits per heavy atom. The Balaban J connectivity index is 2.23. The van der Waals surface area contributed by atoms with E-state index in [2.05, 4.69) is 5.32 Å². The van der Waals surface area contributed by atoms with Gasteiger partial charge in [-0.05, 0) is 39.0 Å². The lowest BCUT2D eigenvalue weighted by molar-refractivity contribution is -0.124. The second kappa shape index (κ2) is 5.01. The summed E-state index contributed by atoms with van der Waals surface area (Å²) in [4.78, 5) is 11.6. The number of hydrogen-bond acceptors (Lipinski definition) is 1. The standard InChI is InChI=1S/C11H20ClNO/c1-11(2,6-7-12)13-10(14)8-9-4-3-5-9/h9H,3-8H2,1-2H3,(H,13,14). The van der Waals surface area contributed by atoms with E-state index in [1.807, 2.05) is 13.8 Å². The highest BCUT2D eigenvalue weighted by atomic mass is 35.5. The van der Waals surface area contributed by atoms with Crippen LogP contribution in [0.5, 0.6) is 0 Å². The van der Waals surface area contributed by atoms with Gasteiger partial charge in [0.25, 0.3) is 0 Å². The van der Waals surface area contributed by atoms with E-state index >= 15 is 0 Å². The minimum atomic E-state index is -0.150. The lowest BCUT2D eigenvalue weighted by Gasteiger charge is -2.29. The smallest absolute Gasteiger partial charge is 0.220 e. The molecule has 0 aliphatic heterocycles. The average Bonchev–Trinajstić information content (AvgIpc) is 1.95. The number of carbonyl (C=O) groups excluding carboxylic acids is 1. The van der Waals surface area contributed by atoms with Crippen molar-refractivity contribution < 1.29 is 4.79 Å². The zero-order valence-electron chi connectivity index (χ0n) is 9.11. The Morgan fingerprint density at radius 1 is 1.50 bits per heavy atom. The number of amides is 1. The molecule has 0 unspecified atom stereocenters. The summed E-state index contributed by atoms with van der Waals surface area (Å²) in [6.45, 7) is 4.04. The molecule has 0 bridgehead atoms. The van der Waals surface area contributed by atoms with Gasteiger partial charge in [0.2, 0.25) is 5.91 Å². The summed E-state index contributed by atoms with van der Waals surface area (Å²) in [5.41, 5.74) is -0.150. The SMILES string of the molecule is CC(C)(CCCl)NC(=O)CC1CCC1. The van der Waals surface area contributed by atoms with Gasteiger partial charge < -0.3 is 5.32 Å². The van der Waals surface area contributed by atoms with Crippen LogP contribution in [-0.4, -0.2) is 17.3 Å². The number of alkyl halides is 1. The molecule has 1 aliphatic carbocycles. The van der Waals surface area contributed by atoms with Crippen molar-refractivity contribution in [3.8, 4) is 0 Å². The zero-order chi connectivity index (χ0) is 10.6. The number of hydrogen-bond donors (Lipinski definition) is 1. The molecule has 1 rings (SSSR count). The molecule has 82 valence electrons. The Labute approximate surface area is 91.4 Å². The first-order valence-corrected chi connectivity index (χ1v) is 5.94. The molecular formula is C11H20ClNO. The van der Waals surface area contributed by atoms with E-state index in [1.165, 1.54) is 19.3 Å². The molecule has 1 aliphatic rings. The topological polar surface area (TPSA) is 29.1 Å². The molecule has 1 saturated carbocycles. The predicted octanol–water partition coefficient (Wildman–Crippen LogP) is 2.70. The van der Waals surface area contributed by atoms with E-state index in [0.29, 0.717) is 18.2 Å². The fraction of sp³-hybridized carbons (Fsp3) is 0.909. The van der Waals surface area contributed by atoms with Crippen molar-refractivity contribution in [2.75, 3.05) is 5.88 Å². The number of halogens is 1. The lowest BCUT2D eigenvalue weighted by Crippen LogP contribution is -2.44. The molecule has 14 heavy (non-hydrogen) atoms. The third-order valence-corrected chi connectivity index (χ3v) is 3.09. The van der Waals surface area contributed by atoms with Crippen molar-refractivity contribution in [1.82, 2.24) is 5.32 Å². The van der Waals surface area contributed by atoms with Gasteiger partial charge in [-0.1, -0.05) is 6.42 Å². The van der Waals surface area contributed by atoms with E-state index in [9.17, 15) is 4.79 Å². The minimum absolute atomic E-state index is 0.150. The second-order valence-corrected chi connectivity index (χ2v) is 5.25. The first-order valence-electron chi connectivity index (χ1n) is 5.40. The zero-order valence-corrected chi connectivity index (χ0v) is 9.86. The second-order valence-electron chi connectivity index (χ2n) is 4.87. The van der Waals surface area contributed by atoms with Crippen molar-refractivity contribution in [3.05, 3.63) is 0 Å². The van der Waals surface area contributed by atoms with Crippen molar-refractivity contribution in [2.45, 2.75) is 51.5 Å². The van der Waals surface area contributed by atoms with Crippen LogP contribution >= 0.6 is 11.6 Å².